The Morgan fingerprint density at radius 3 is 0.829 bits per heavy atom. The van der Waals surface area contributed by atoms with Crippen molar-refractivity contribution in [1.29, 1.82) is 0 Å². The van der Waals surface area contributed by atoms with Crippen molar-refractivity contribution in [2.45, 2.75) is 37.5 Å². The quantitative estimate of drug-likeness (QED) is 0.114. The first-order valence-corrected chi connectivity index (χ1v) is 24.6. The molecular weight excluding hydrogens is 849 g/mol. The second-order valence-electron chi connectivity index (χ2n) is 18.3. The maximum Gasteiger partial charge on any atom is 0.0462 e. The number of nitrogens with zero attached hydrogens (tertiary/aromatic N) is 2. The fourth-order valence-electron chi connectivity index (χ4n) is 10.3. The van der Waals surface area contributed by atoms with Gasteiger partial charge in [0.05, 0.1) is 0 Å². The summed E-state index contributed by atoms with van der Waals surface area (Å²) in [5.41, 5.74) is 18.5. The summed E-state index contributed by atoms with van der Waals surface area (Å²) in [4.78, 5) is 4.74. The Labute approximate surface area is 413 Å². The average Bonchev–Trinajstić information content (AvgIpc) is 3.44. The summed E-state index contributed by atoms with van der Waals surface area (Å²) in [6.45, 7) is 0. The first-order chi connectivity index (χ1) is 34.6. The molecule has 2 N–H and O–H groups in total. The highest BCUT2D eigenvalue weighted by Gasteiger charge is 2.36. The van der Waals surface area contributed by atoms with Crippen LogP contribution in [-0.2, 0) is 5.41 Å². The van der Waals surface area contributed by atoms with Crippen LogP contribution < -0.4 is 20.4 Å². The van der Waals surface area contributed by atoms with Crippen molar-refractivity contribution in [3.8, 4) is 22.3 Å². The van der Waals surface area contributed by atoms with E-state index in [0.717, 1.165) is 69.7 Å². The lowest BCUT2D eigenvalue weighted by molar-refractivity contribution is 0.346. The van der Waals surface area contributed by atoms with E-state index in [4.69, 9.17) is 0 Å². The summed E-state index contributed by atoms with van der Waals surface area (Å²) in [6, 6.07) is 96.2. The number of anilines is 10. The van der Waals surface area contributed by atoms with E-state index in [2.05, 4.69) is 251 Å². The lowest BCUT2D eigenvalue weighted by Crippen LogP contribution is -2.30. The van der Waals surface area contributed by atoms with Gasteiger partial charge in [-0.1, -0.05) is 165 Å². The van der Waals surface area contributed by atoms with Crippen LogP contribution in [0.5, 0.6) is 0 Å². The van der Waals surface area contributed by atoms with E-state index < -0.39 is 0 Å². The van der Waals surface area contributed by atoms with E-state index in [9.17, 15) is 0 Å². The van der Waals surface area contributed by atoms with Crippen molar-refractivity contribution >= 4 is 56.9 Å². The van der Waals surface area contributed by atoms with Gasteiger partial charge in [-0.05, 0) is 168 Å². The molecule has 10 aromatic rings. The molecule has 1 saturated carbocycles. The van der Waals surface area contributed by atoms with Gasteiger partial charge >= 0.3 is 0 Å². The molecule has 0 unspecified atom stereocenters. The van der Waals surface area contributed by atoms with Crippen molar-refractivity contribution in [2.75, 3.05) is 20.4 Å². The molecule has 340 valence electrons. The van der Waals surface area contributed by atoms with Crippen molar-refractivity contribution in [1.82, 2.24) is 0 Å². The van der Waals surface area contributed by atoms with Crippen LogP contribution in [0, 0.1) is 0 Å². The predicted octanol–water partition coefficient (Wildman–Crippen LogP) is 18.7. The van der Waals surface area contributed by atoms with E-state index >= 15 is 0 Å². The minimum Gasteiger partial charge on any atom is -0.356 e. The Hall–Kier alpha value is -8.60. The molecule has 0 aliphatic heterocycles. The van der Waals surface area contributed by atoms with E-state index in [1.807, 2.05) is 36.4 Å². The third-order valence-corrected chi connectivity index (χ3v) is 13.9. The van der Waals surface area contributed by atoms with Gasteiger partial charge in [0.25, 0.3) is 0 Å². The zero-order valence-corrected chi connectivity index (χ0v) is 39.3. The highest BCUT2D eigenvalue weighted by atomic mass is 15.1. The molecule has 0 radical (unpaired) electrons. The lowest BCUT2D eigenvalue weighted by atomic mass is 9.65. The van der Waals surface area contributed by atoms with Crippen LogP contribution >= 0.6 is 0 Å². The highest BCUT2D eigenvalue weighted by Crippen LogP contribution is 2.47. The topological polar surface area (TPSA) is 30.5 Å². The second-order valence-corrected chi connectivity index (χ2v) is 18.3. The minimum atomic E-state index is -0.0634. The summed E-state index contributed by atoms with van der Waals surface area (Å²) < 4.78 is 0. The molecule has 0 amide bonds. The molecule has 0 bridgehead atoms. The zero-order chi connectivity index (χ0) is 47.0. The standard InChI is InChI=1S/C66H56N4/c1-6-16-56(17-7-1)67-58-36-24-50(25-37-58)52-28-40-62(41-29-52)69(60-20-10-3-11-21-60)64-44-32-54(33-45-64)66(48-14-5-15-49-66)55-34-46-65(47-35-55)70(61-22-12-4-13-23-61)63-42-30-53(31-43-63)51-26-38-59(39-27-51)68-57-18-8-2-9-19-57/h1-4,6-13,16-47,67-68H,5,14-15,48-49H2. The van der Waals surface area contributed by atoms with E-state index in [-0.39, 0.29) is 5.41 Å². The first kappa shape index (κ1) is 43.9. The molecule has 1 aliphatic rings. The monoisotopic (exact) mass is 904 g/mol. The predicted molar refractivity (Wildman–Crippen MR) is 296 cm³/mol. The Bertz CT molecular complexity index is 2990. The Balaban J connectivity index is 0.848. The maximum absolute atomic E-state index is 3.50. The maximum atomic E-state index is 3.50. The van der Waals surface area contributed by atoms with Gasteiger partial charge in [0.1, 0.15) is 0 Å². The van der Waals surface area contributed by atoms with Crippen molar-refractivity contribution < 1.29 is 0 Å². The molecule has 1 fully saturated rings. The van der Waals surface area contributed by atoms with Crippen LogP contribution in [0.25, 0.3) is 22.3 Å². The molecule has 11 rings (SSSR count). The van der Waals surface area contributed by atoms with Crippen molar-refractivity contribution in [3.05, 3.63) is 278 Å². The number of rotatable bonds is 14. The summed E-state index contributed by atoms with van der Waals surface area (Å²) in [6.07, 6.45) is 5.97. The van der Waals surface area contributed by atoms with Gasteiger partial charge in [0, 0.05) is 62.3 Å². The molecule has 0 atom stereocenters. The van der Waals surface area contributed by atoms with Crippen LogP contribution in [0.3, 0.4) is 0 Å². The summed E-state index contributed by atoms with van der Waals surface area (Å²) in [7, 11) is 0. The summed E-state index contributed by atoms with van der Waals surface area (Å²) in [5.74, 6) is 0. The van der Waals surface area contributed by atoms with Gasteiger partial charge in [-0.25, -0.2) is 0 Å². The molecule has 70 heavy (non-hydrogen) atoms. The molecule has 1 aliphatic carbocycles. The summed E-state index contributed by atoms with van der Waals surface area (Å²) in [5, 5.41) is 6.99. The van der Waals surface area contributed by atoms with Crippen molar-refractivity contribution in [3.63, 3.8) is 0 Å². The van der Waals surface area contributed by atoms with E-state index in [1.165, 1.54) is 52.6 Å². The van der Waals surface area contributed by atoms with Gasteiger partial charge in [0.2, 0.25) is 0 Å². The highest BCUT2D eigenvalue weighted by molar-refractivity contribution is 5.81. The molecule has 0 aromatic heterocycles. The smallest absolute Gasteiger partial charge is 0.0462 e. The summed E-state index contributed by atoms with van der Waals surface area (Å²) >= 11 is 0. The molecule has 0 spiro atoms. The van der Waals surface area contributed by atoms with Gasteiger partial charge in [-0.15, -0.1) is 0 Å². The molecular formula is C66H56N4. The molecule has 4 nitrogen and oxygen atoms in total. The third-order valence-electron chi connectivity index (χ3n) is 13.9. The first-order valence-electron chi connectivity index (χ1n) is 24.6. The molecule has 0 heterocycles. The van der Waals surface area contributed by atoms with Gasteiger partial charge in [-0.3, -0.25) is 0 Å². The average molecular weight is 905 g/mol. The largest absolute Gasteiger partial charge is 0.356 e. The minimum absolute atomic E-state index is 0.0634. The van der Waals surface area contributed by atoms with Gasteiger partial charge < -0.3 is 20.4 Å². The van der Waals surface area contributed by atoms with Crippen molar-refractivity contribution in [2.24, 2.45) is 0 Å². The number of hydrogen-bond acceptors (Lipinski definition) is 4. The third kappa shape index (κ3) is 9.58. The number of benzene rings is 10. The fraction of sp³-hybridized carbons (Fsp3) is 0.0909. The Morgan fingerprint density at radius 2 is 0.500 bits per heavy atom. The molecule has 0 saturated heterocycles. The second kappa shape index (κ2) is 20.3. The number of nitrogens with one attached hydrogen (secondary N) is 2. The van der Waals surface area contributed by atoms with E-state index in [1.54, 1.807) is 0 Å². The molecule has 4 heteroatoms. The van der Waals surface area contributed by atoms with Crippen LogP contribution in [0.2, 0.25) is 0 Å². The van der Waals surface area contributed by atoms with Crippen LogP contribution in [0.15, 0.2) is 267 Å². The molecule has 10 aromatic carbocycles. The SMILES string of the molecule is c1ccc(Nc2ccc(-c3ccc(N(c4ccccc4)c4ccc(C5(c6ccc(N(c7ccccc7)c7ccc(-c8ccc(Nc9ccccc9)cc8)cc7)cc6)CCCCC5)cc4)cc3)cc2)cc1. The normalized spacial score (nSPS) is 13.0. The number of hydrogen-bond donors (Lipinski definition) is 2. The van der Waals surface area contributed by atoms with E-state index in [0.29, 0.717) is 0 Å². The fourth-order valence-corrected chi connectivity index (χ4v) is 10.3. The Kier molecular flexibility index (Phi) is 12.8. The van der Waals surface area contributed by atoms with Crippen LogP contribution in [-0.4, -0.2) is 0 Å². The Morgan fingerprint density at radius 1 is 0.243 bits per heavy atom. The lowest BCUT2D eigenvalue weighted by Gasteiger charge is -2.39. The van der Waals surface area contributed by atoms with Crippen LogP contribution in [0.4, 0.5) is 56.9 Å². The number of para-hydroxylation sites is 4. The van der Waals surface area contributed by atoms with Gasteiger partial charge in [-0.2, -0.15) is 0 Å². The van der Waals surface area contributed by atoms with Gasteiger partial charge in [0.15, 0.2) is 0 Å². The van der Waals surface area contributed by atoms with Crippen LogP contribution in [0.1, 0.15) is 43.2 Å². The zero-order valence-electron chi connectivity index (χ0n) is 39.3.